The molecule has 1 aliphatic heterocycles. The van der Waals surface area contributed by atoms with Crippen LogP contribution in [0.15, 0.2) is 53.5 Å². The van der Waals surface area contributed by atoms with Crippen LogP contribution in [-0.2, 0) is 28.6 Å². The third-order valence-electron chi connectivity index (χ3n) is 7.11. The van der Waals surface area contributed by atoms with Crippen LogP contribution in [0.25, 0.3) is 16.7 Å². The van der Waals surface area contributed by atoms with E-state index in [1.807, 2.05) is 48.9 Å². The summed E-state index contributed by atoms with van der Waals surface area (Å²) in [4.78, 5) is 22.6. The van der Waals surface area contributed by atoms with Crippen molar-refractivity contribution in [1.29, 1.82) is 0 Å². The first-order chi connectivity index (χ1) is 18.4. The Morgan fingerprint density at radius 3 is 2.51 bits per heavy atom. The SMILES string of the molecule is CNS(=O)(=O)N1CCc2cc(Nc3ncc4c(=O)n(C(C)C)n(-c5cccc(C(C)(C)C)c5)c4n3)ccc2C1. The molecule has 0 amide bonds. The quantitative estimate of drug-likeness (QED) is 0.375. The van der Waals surface area contributed by atoms with Gasteiger partial charge in [-0.15, -0.1) is 0 Å². The smallest absolute Gasteiger partial charge is 0.279 e. The van der Waals surface area contributed by atoms with Gasteiger partial charge in [-0.2, -0.15) is 17.7 Å². The van der Waals surface area contributed by atoms with Crippen molar-refractivity contribution >= 4 is 32.9 Å². The van der Waals surface area contributed by atoms with Crippen LogP contribution in [0.5, 0.6) is 0 Å². The van der Waals surface area contributed by atoms with Gasteiger partial charge < -0.3 is 5.32 Å². The molecule has 39 heavy (non-hydrogen) atoms. The summed E-state index contributed by atoms with van der Waals surface area (Å²) in [5.41, 5.74) is 5.20. The second-order valence-electron chi connectivity index (χ2n) is 11.2. The van der Waals surface area contributed by atoms with E-state index >= 15 is 0 Å². The van der Waals surface area contributed by atoms with Gasteiger partial charge in [0.1, 0.15) is 5.39 Å². The molecule has 0 fully saturated rings. The standard InChI is InChI=1S/C28H35N7O3S/c1-18(2)34-26(36)24-16-30-27(32-25(24)35(34)23-9-7-8-21(15-23)28(3,4)5)31-22-11-10-20-17-33(39(37,38)29-6)13-12-19(20)14-22/h7-11,14-16,18,29H,12-13,17H2,1-6H3,(H,30,31,32). The molecule has 5 rings (SSSR count). The first-order valence-electron chi connectivity index (χ1n) is 13.1. The molecule has 0 saturated heterocycles. The number of fused-ring (bicyclic) bond motifs is 2. The van der Waals surface area contributed by atoms with E-state index in [0.717, 1.165) is 28.1 Å². The number of nitrogens with one attached hydrogen (secondary N) is 2. The van der Waals surface area contributed by atoms with E-state index < -0.39 is 10.2 Å². The fourth-order valence-electron chi connectivity index (χ4n) is 4.95. The zero-order chi connectivity index (χ0) is 28.1. The number of hydrogen-bond donors (Lipinski definition) is 2. The van der Waals surface area contributed by atoms with Gasteiger partial charge in [-0.25, -0.2) is 19.1 Å². The normalized spacial score (nSPS) is 14.6. The fourth-order valence-corrected chi connectivity index (χ4v) is 5.85. The summed E-state index contributed by atoms with van der Waals surface area (Å²) in [7, 11) is -2.05. The van der Waals surface area contributed by atoms with E-state index in [1.165, 1.54) is 11.4 Å². The monoisotopic (exact) mass is 549 g/mol. The fraction of sp³-hybridized carbons (Fsp3) is 0.393. The van der Waals surface area contributed by atoms with Gasteiger partial charge in [0.15, 0.2) is 5.65 Å². The van der Waals surface area contributed by atoms with Gasteiger partial charge in [0.05, 0.1) is 5.69 Å². The third-order valence-corrected chi connectivity index (χ3v) is 8.61. The summed E-state index contributed by atoms with van der Waals surface area (Å²) < 4.78 is 31.8. The number of hydrogen-bond acceptors (Lipinski definition) is 6. The van der Waals surface area contributed by atoms with Gasteiger partial charge in [-0.05, 0) is 66.6 Å². The second kappa shape index (κ2) is 9.89. The average molecular weight is 550 g/mol. The van der Waals surface area contributed by atoms with Crippen LogP contribution >= 0.6 is 0 Å². The molecule has 0 aliphatic carbocycles. The molecule has 2 aromatic heterocycles. The molecule has 2 N–H and O–H groups in total. The molecule has 0 unspecified atom stereocenters. The summed E-state index contributed by atoms with van der Waals surface area (Å²) in [5, 5.41) is 3.73. The Balaban J connectivity index is 1.53. The van der Waals surface area contributed by atoms with Crippen LogP contribution in [0, 0.1) is 0 Å². The number of aromatic nitrogens is 4. The molecular formula is C28H35N7O3S. The molecule has 11 heteroatoms. The first-order valence-corrected chi connectivity index (χ1v) is 14.5. The van der Waals surface area contributed by atoms with Crippen molar-refractivity contribution in [2.45, 2.75) is 59.0 Å². The summed E-state index contributed by atoms with van der Waals surface area (Å²) in [6.45, 7) is 11.2. The van der Waals surface area contributed by atoms with Gasteiger partial charge in [-0.1, -0.05) is 39.0 Å². The van der Waals surface area contributed by atoms with Crippen LogP contribution in [0.4, 0.5) is 11.6 Å². The minimum Gasteiger partial charge on any atom is -0.324 e. The molecule has 0 spiro atoms. The lowest BCUT2D eigenvalue weighted by Crippen LogP contribution is -2.41. The van der Waals surface area contributed by atoms with E-state index in [4.69, 9.17) is 4.98 Å². The molecule has 206 valence electrons. The van der Waals surface area contributed by atoms with E-state index in [1.54, 1.807) is 10.9 Å². The van der Waals surface area contributed by atoms with Gasteiger partial charge >= 0.3 is 0 Å². The van der Waals surface area contributed by atoms with Crippen LogP contribution in [0.2, 0.25) is 0 Å². The Bertz CT molecular complexity index is 1720. The molecule has 0 atom stereocenters. The van der Waals surface area contributed by atoms with E-state index in [2.05, 4.69) is 47.9 Å². The Morgan fingerprint density at radius 2 is 1.82 bits per heavy atom. The van der Waals surface area contributed by atoms with Crippen LogP contribution < -0.4 is 15.6 Å². The van der Waals surface area contributed by atoms with Crippen LogP contribution in [0.3, 0.4) is 0 Å². The molecule has 0 radical (unpaired) electrons. The highest BCUT2D eigenvalue weighted by molar-refractivity contribution is 7.87. The molecule has 3 heterocycles. The van der Waals surface area contributed by atoms with Crippen molar-refractivity contribution in [3.63, 3.8) is 0 Å². The number of nitrogens with zero attached hydrogens (tertiary/aromatic N) is 5. The highest BCUT2D eigenvalue weighted by atomic mass is 32.2. The van der Waals surface area contributed by atoms with E-state index in [0.29, 0.717) is 36.5 Å². The van der Waals surface area contributed by atoms with Gasteiger partial charge in [0, 0.05) is 38.1 Å². The summed E-state index contributed by atoms with van der Waals surface area (Å²) in [6, 6.07) is 13.9. The van der Waals surface area contributed by atoms with Gasteiger partial charge in [0.2, 0.25) is 5.95 Å². The van der Waals surface area contributed by atoms with Crippen molar-refractivity contribution in [2.75, 3.05) is 18.9 Å². The summed E-state index contributed by atoms with van der Waals surface area (Å²) >= 11 is 0. The van der Waals surface area contributed by atoms with Gasteiger partial charge in [0.25, 0.3) is 15.8 Å². The maximum absolute atomic E-state index is 13.4. The highest BCUT2D eigenvalue weighted by Gasteiger charge is 2.26. The summed E-state index contributed by atoms with van der Waals surface area (Å²) in [6.07, 6.45) is 2.18. The molecule has 1 aliphatic rings. The Hall–Kier alpha value is -3.54. The minimum absolute atomic E-state index is 0.0513. The first kappa shape index (κ1) is 27.0. The third kappa shape index (κ3) is 5.09. The number of anilines is 2. The Labute approximate surface area is 228 Å². The predicted octanol–water partition coefficient (Wildman–Crippen LogP) is 4.03. The lowest BCUT2D eigenvalue weighted by Gasteiger charge is -2.27. The average Bonchev–Trinajstić information content (AvgIpc) is 3.19. The maximum atomic E-state index is 13.4. The zero-order valence-corrected chi connectivity index (χ0v) is 24.0. The van der Waals surface area contributed by atoms with Crippen LogP contribution in [-0.4, -0.2) is 45.6 Å². The lowest BCUT2D eigenvalue weighted by molar-refractivity contribution is 0.386. The van der Waals surface area contributed by atoms with Crippen molar-refractivity contribution in [1.82, 2.24) is 28.4 Å². The highest BCUT2D eigenvalue weighted by Crippen LogP contribution is 2.28. The topological polar surface area (TPSA) is 114 Å². The summed E-state index contributed by atoms with van der Waals surface area (Å²) in [5.74, 6) is 0.374. The van der Waals surface area contributed by atoms with Crippen molar-refractivity contribution in [3.8, 4) is 5.69 Å². The number of rotatable bonds is 6. The lowest BCUT2D eigenvalue weighted by atomic mass is 9.87. The molecule has 0 saturated carbocycles. The zero-order valence-electron chi connectivity index (χ0n) is 23.2. The molecule has 10 nitrogen and oxygen atoms in total. The second-order valence-corrected chi connectivity index (χ2v) is 13.1. The van der Waals surface area contributed by atoms with Gasteiger partial charge in [-0.3, -0.25) is 4.79 Å². The maximum Gasteiger partial charge on any atom is 0.279 e. The molecule has 4 aromatic rings. The van der Waals surface area contributed by atoms with Crippen LogP contribution in [0.1, 0.15) is 57.4 Å². The largest absolute Gasteiger partial charge is 0.324 e. The minimum atomic E-state index is -3.47. The van der Waals surface area contributed by atoms with E-state index in [-0.39, 0.29) is 17.0 Å². The predicted molar refractivity (Wildman–Crippen MR) is 154 cm³/mol. The van der Waals surface area contributed by atoms with Crippen molar-refractivity contribution < 1.29 is 8.42 Å². The van der Waals surface area contributed by atoms with Crippen molar-refractivity contribution in [3.05, 3.63) is 75.7 Å². The number of benzene rings is 2. The molecular weight excluding hydrogens is 514 g/mol. The van der Waals surface area contributed by atoms with Crippen molar-refractivity contribution in [2.24, 2.45) is 0 Å². The van der Waals surface area contributed by atoms with E-state index in [9.17, 15) is 13.2 Å². The Kier molecular flexibility index (Phi) is 6.86. The molecule has 0 bridgehead atoms. The molecule has 2 aromatic carbocycles. The Morgan fingerprint density at radius 1 is 1.05 bits per heavy atom.